The number of fused-ring (bicyclic) bond motifs is 1. The minimum Gasteiger partial charge on any atom is -0.477 e. The fourth-order valence-corrected chi connectivity index (χ4v) is 2.24. The normalized spacial score (nSPS) is 12.7. The number of aromatic nitrogens is 2. The molecular weight excluding hydrogens is 304 g/mol. The molecule has 2 aromatic rings. The van der Waals surface area contributed by atoms with Crippen molar-refractivity contribution in [1.29, 1.82) is 0 Å². The number of rotatable bonds is 2. The topological polar surface area (TPSA) is 84.4 Å². The van der Waals surface area contributed by atoms with Crippen molar-refractivity contribution >= 4 is 21.9 Å². The third-order valence-corrected chi connectivity index (χ3v) is 3.10. The molecular formula is C11H7BrN2O4. The summed E-state index contributed by atoms with van der Waals surface area (Å²) in [6, 6.07) is 3.54. The summed E-state index contributed by atoms with van der Waals surface area (Å²) >= 11 is 3.37. The molecule has 0 spiro atoms. The molecule has 0 radical (unpaired) electrons. The van der Waals surface area contributed by atoms with Crippen molar-refractivity contribution in [2.24, 2.45) is 0 Å². The Morgan fingerprint density at radius 3 is 3.00 bits per heavy atom. The van der Waals surface area contributed by atoms with Gasteiger partial charge in [-0.3, -0.25) is 0 Å². The first kappa shape index (κ1) is 11.1. The summed E-state index contributed by atoms with van der Waals surface area (Å²) in [6.07, 6.45) is 1.27. The number of carbonyl (C=O) groups is 1. The Labute approximate surface area is 110 Å². The standard InChI is InChI=1S/C11H7BrN2O4/c12-6-1-5(2-8-9(6)18-4-17-8)10-13-3-7(14-10)11(15)16/h1-3H,4H2,(H,13,14)(H,15,16). The lowest BCUT2D eigenvalue weighted by Crippen LogP contribution is -1.95. The number of halogens is 1. The van der Waals surface area contributed by atoms with Crippen LogP contribution >= 0.6 is 15.9 Å². The summed E-state index contributed by atoms with van der Waals surface area (Å²) < 4.78 is 11.3. The van der Waals surface area contributed by atoms with E-state index in [1.165, 1.54) is 6.20 Å². The van der Waals surface area contributed by atoms with E-state index in [1.807, 2.05) is 0 Å². The van der Waals surface area contributed by atoms with E-state index < -0.39 is 5.97 Å². The number of nitrogens with one attached hydrogen (secondary N) is 1. The lowest BCUT2D eigenvalue weighted by Gasteiger charge is -2.02. The molecule has 1 aromatic carbocycles. The van der Waals surface area contributed by atoms with Crippen LogP contribution in [-0.2, 0) is 0 Å². The molecule has 0 amide bonds. The summed E-state index contributed by atoms with van der Waals surface area (Å²) in [5.41, 5.74) is 0.761. The van der Waals surface area contributed by atoms with E-state index in [9.17, 15) is 4.79 Å². The number of nitrogens with zero attached hydrogens (tertiary/aromatic N) is 1. The summed E-state index contributed by atoms with van der Waals surface area (Å²) in [5.74, 6) is 0.663. The van der Waals surface area contributed by atoms with Gasteiger partial charge in [-0.25, -0.2) is 9.78 Å². The molecule has 0 fully saturated rings. The van der Waals surface area contributed by atoms with E-state index >= 15 is 0 Å². The van der Waals surface area contributed by atoms with Gasteiger partial charge in [0.25, 0.3) is 0 Å². The number of benzene rings is 1. The fourth-order valence-electron chi connectivity index (χ4n) is 1.68. The zero-order valence-corrected chi connectivity index (χ0v) is 10.5. The molecule has 7 heteroatoms. The van der Waals surface area contributed by atoms with E-state index in [4.69, 9.17) is 14.6 Å². The molecule has 6 nitrogen and oxygen atoms in total. The van der Waals surface area contributed by atoms with Gasteiger partial charge in [0.2, 0.25) is 6.79 Å². The van der Waals surface area contributed by atoms with Gasteiger partial charge in [-0.15, -0.1) is 0 Å². The molecule has 1 aliphatic rings. The maximum atomic E-state index is 10.8. The highest BCUT2D eigenvalue weighted by Gasteiger charge is 2.19. The van der Waals surface area contributed by atoms with Crippen LogP contribution in [0, 0.1) is 0 Å². The molecule has 0 saturated heterocycles. The first-order valence-electron chi connectivity index (χ1n) is 5.03. The highest BCUT2D eigenvalue weighted by Crippen LogP contribution is 2.41. The Morgan fingerprint density at radius 1 is 1.44 bits per heavy atom. The molecule has 0 atom stereocenters. The van der Waals surface area contributed by atoms with Crippen LogP contribution in [0.1, 0.15) is 10.5 Å². The lowest BCUT2D eigenvalue weighted by atomic mass is 10.2. The SMILES string of the molecule is O=C(O)c1cnc(-c2cc(Br)c3c(c2)OCO3)[nH]1. The van der Waals surface area contributed by atoms with Crippen LogP contribution in [0.3, 0.4) is 0 Å². The van der Waals surface area contributed by atoms with Gasteiger partial charge in [-0.2, -0.15) is 0 Å². The second-order valence-electron chi connectivity index (χ2n) is 3.64. The Bertz CT molecular complexity index is 638. The summed E-state index contributed by atoms with van der Waals surface area (Å²) in [4.78, 5) is 17.5. The van der Waals surface area contributed by atoms with Crippen molar-refractivity contribution in [3.8, 4) is 22.9 Å². The average molecular weight is 311 g/mol. The van der Waals surface area contributed by atoms with Crippen LogP contribution in [0.5, 0.6) is 11.5 Å². The van der Waals surface area contributed by atoms with Crippen LogP contribution in [0.25, 0.3) is 11.4 Å². The first-order chi connectivity index (χ1) is 8.65. The second-order valence-corrected chi connectivity index (χ2v) is 4.50. The lowest BCUT2D eigenvalue weighted by molar-refractivity contribution is 0.0691. The molecule has 2 heterocycles. The van der Waals surface area contributed by atoms with Crippen molar-refractivity contribution in [3.63, 3.8) is 0 Å². The zero-order valence-electron chi connectivity index (χ0n) is 8.94. The molecule has 0 aliphatic carbocycles. The Hall–Kier alpha value is -2.02. The number of hydrogen-bond donors (Lipinski definition) is 2. The van der Waals surface area contributed by atoms with E-state index in [1.54, 1.807) is 12.1 Å². The number of imidazole rings is 1. The number of carboxylic acids is 1. The van der Waals surface area contributed by atoms with Crippen molar-refractivity contribution < 1.29 is 19.4 Å². The molecule has 92 valence electrons. The number of aromatic amines is 1. The average Bonchev–Trinajstić information content (AvgIpc) is 2.97. The van der Waals surface area contributed by atoms with Gasteiger partial charge >= 0.3 is 5.97 Å². The van der Waals surface area contributed by atoms with Gasteiger partial charge < -0.3 is 19.6 Å². The van der Waals surface area contributed by atoms with Crippen LogP contribution in [-0.4, -0.2) is 27.8 Å². The van der Waals surface area contributed by atoms with Gasteiger partial charge in [0.1, 0.15) is 11.5 Å². The minimum atomic E-state index is -1.05. The van der Waals surface area contributed by atoms with Crippen molar-refractivity contribution in [3.05, 3.63) is 28.5 Å². The monoisotopic (exact) mass is 310 g/mol. The molecule has 2 N–H and O–H groups in total. The predicted octanol–water partition coefficient (Wildman–Crippen LogP) is 2.27. The summed E-state index contributed by atoms with van der Waals surface area (Å²) in [5, 5.41) is 8.83. The van der Waals surface area contributed by atoms with Crippen molar-refractivity contribution in [1.82, 2.24) is 9.97 Å². The van der Waals surface area contributed by atoms with Crippen molar-refractivity contribution in [2.75, 3.05) is 6.79 Å². The molecule has 0 saturated carbocycles. The number of carboxylic acid groups (broad SMARTS) is 1. The third kappa shape index (κ3) is 1.72. The Kier molecular flexibility index (Phi) is 2.48. The molecule has 1 aliphatic heterocycles. The van der Waals surface area contributed by atoms with Gasteiger partial charge in [0.05, 0.1) is 10.7 Å². The van der Waals surface area contributed by atoms with E-state index in [2.05, 4.69) is 25.9 Å². The summed E-state index contributed by atoms with van der Waals surface area (Å²) in [6.45, 7) is 0.177. The number of ether oxygens (including phenoxy) is 2. The quantitative estimate of drug-likeness (QED) is 0.889. The van der Waals surface area contributed by atoms with Gasteiger partial charge in [-0.05, 0) is 28.1 Å². The van der Waals surface area contributed by atoms with Crippen LogP contribution in [0.2, 0.25) is 0 Å². The van der Waals surface area contributed by atoms with Crippen molar-refractivity contribution in [2.45, 2.75) is 0 Å². The van der Waals surface area contributed by atoms with Crippen LogP contribution < -0.4 is 9.47 Å². The third-order valence-electron chi connectivity index (χ3n) is 2.51. The number of aromatic carboxylic acids is 1. The highest BCUT2D eigenvalue weighted by atomic mass is 79.9. The van der Waals surface area contributed by atoms with E-state index in [0.29, 0.717) is 17.3 Å². The van der Waals surface area contributed by atoms with Crippen LogP contribution in [0.4, 0.5) is 0 Å². The molecule has 0 unspecified atom stereocenters. The van der Waals surface area contributed by atoms with Crippen LogP contribution in [0.15, 0.2) is 22.8 Å². The predicted molar refractivity (Wildman–Crippen MR) is 64.8 cm³/mol. The zero-order chi connectivity index (χ0) is 12.7. The van der Waals surface area contributed by atoms with E-state index in [0.717, 1.165) is 10.0 Å². The largest absolute Gasteiger partial charge is 0.477 e. The van der Waals surface area contributed by atoms with E-state index in [-0.39, 0.29) is 12.5 Å². The minimum absolute atomic E-state index is 0.0405. The molecule has 3 rings (SSSR count). The Morgan fingerprint density at radius 2 is 2.28 bits per heavy atom. The summed E-state index contributed by atoms with van der Waals surface area (Å²) in [7, 11) is 0. The molecule has 18 heavy (non-hydrogen) atoms. The Balaban J connectivity index is 2.06. The maximum Gasteiger partial charge on any atom is 0.353 e. The maximum absolute atomic E-state index is 10.8. The number of H-pyrrole nitrogens is 1. The molecule has 1 aromatic heterocycles. The van der Waals surface area contributed by atoms with Gasteiger partial charge in [-0.1, -0.05) is 0 Å². The molecule has 0 bridgehead atoms. The number of hydrogen-bond acceptors (Lipinski definition) is 4. The van der Waals surface area contributed by atoms with Gasteiger partial charge in [0, 0.05) is 5.56 Å². The first-order valence-corrected chi connectivity index (χ1v) is 5.82. The second kappa shape index (κ2) is 4.02. The van der Waals surface area contributed by atoms with Gasteiger partial charge in [0.15, 0.2) is 11.5 Å². The smallest absolute Gasteiger partial charge is 0.353 e. The fraction of sp³-hybridized carbons (Fsp3) is 0.0909. The highest BCUT2D eigenvalue weighted by molar-refractivity contribution is 9.10.